The van der Waals surface area contributed by atoms with E-state index in [2.05, 4.69) is 26.3 Å². The molecule has 20 heavy (non-hydrogen) atoms. The van der Waals surface area contributed by atoms with E-state index in [9.17, 15) is 13.2 Å². The maximum Gasteiger partial charge on any atom is 0.283 e. The zero-order chi connectivity index (χ0) is 15.6. The molecule has 0 radical (unpaired) electrons. The summed E-state index contributed by atoms with van der Waals surface area (Å²) in [7, 11) is -3.19. The van der Waals surface area contributed by atoms with Crippen molar-refractivity contribution >= 4 is 31.5 Å². The molecule has 0 saturated heterocycles. The van der Waals surface area contributed by atoms with E-state index >= 15 is 0 Å². The standard InChI is InChI=1S/C12H20BrN3O3S/c1-5-6-16-11(17)10(13)9(7-15-16)14-8-12(2,3)20(4,18)19/h7,14H,5-6,8H2,1-4H3. The second kappa shape index (κ2) is 6.26. The van der Waals surface area contributed by atoms with E-state index in [4.69, 9.17) is 0 Å². The zero-order valence-electron chi connectivity index (χ0n) is 12.1. The van der Waals surface area contributed by atoms with Gasteiger partial charge in [0, 0.05) is 19.3 Å². The average Bonchev–Trinajstić information content (AvgIpc) is 2.33. The molecule has 0 fully saturated rings. The normalized spacial score (nSPS) is 12.4. The van der Waals surface area contributed by atoms with Crippen LogP contribution in [-0.2, 0) is 16.4 Å². The minimum absolute atomic E-state index is 0.198. The van der Waals surface area contributed by atoms with Crippen molar-refractivity contribution in [1.82, 2.24) is 9.78 Å². The Kier molecular flexibility index (Phi) is 5.37. The van der Waals surface area contributed by atoms with Gasteiger partial charge in [0.05, 0.1) is 16.6 Å². The van der Waals surface area contributed by atoms with Gasteiger partial charge in [0.1, 0.15) is 4.47 Å². The van der Waals surface area contributed by atoms with Crippen LogP contribution in [0.3, 0.4) is 0 Å². The minimum atomic E-state index is -3.19. The smallest absolute Gasteiger partial charge is 0.283 e. The molecule has 6 nitrogen and oxygen atoms in total. The summed E-state index contributed by atoms with van der Waals surface area (Å²) >= 11 is 3.23. The summed E-state index contributed by atoms with van der Waals surface area (Å²) < 4.78 is 24.1. The van der Waals surface area contributed by atoms with Gasteiger partial charge in [0.15, 0.2) is 9.84 Å². The van der Waals surface area contributed by atoms with Crippen molar-refractivity contribution in [3.8, 4) is 0 Å². The molecule has 0 aliphatic rings. The summed E-state index contributed by atoms with van der Waals surface area (Å²) in [4.78, 5) is 12.0. The van der Waals surface area contributed by atoms with Gasteiger partial charge in [-0.05, 0) is 36.2 Å². The Balaban J connectivity index is 2.96. The van der Waals surface area contributed by atoms with Crippen molar-refractivity contribution < 1.29 is 8.42 Å². The summed E-state index contributed by atoms with van der Waals surface area (Å²) in [5, 5.41) is 7.02. The highest BCUT2D eigenvalue weighted by Crippen LogP contribution is 2.20. The lowest BCUT2D eigenvalue weighted by Crippen LogP contribution is -2.38. The summed E-state index contributed by atoms with van der Waals surface area (Å²) in [5.74, 6) is 0. The first-order chi connectivity index (χ1) is 9.10. The Morgan fingerprint density at radius 2 is 2.05 bits per heavy atom. The number of nitrogens with zero attached hydrogens (tertiary/aromatic N) is 2. The maximum absolute atomic E-state index is 12.0. The molecule has 8 heteroatoms. The topological polar surface area (TPSA) is 81.1 Å². The number of nitrogens with one attached hydrogen (secondary N) is 1. The summed E-state index contributed by atoms with van der Waals surface area (Å²) in [6.45, 7) is 5.97. The quantitative estimate of drug-likeness (QED) is 0.828. The molecule has 1 heterocycles. The molecule has 1 rings (SSSR count). The molecule has 0 spiro atoms. The van der Waals surface area contributed by atoms with Gasteiger partial charge in [-0.2, -0.15) is 5.10 Å². The lowest BCUT2D eigenvalue weighted by atomic mass is 10.2. The van der Waals surface area contributed by atoms with Gasteiger partial charge in [-0.15, -0.1) is 0 Å². The van der Waals surface area contributed by atoms with E-state index in [1.807, 2.05) is 6.92 Å². The highest BCUT2D eigenvalue weighted by Gasteiger charge is 2.30. The van der Waals surface area contributed by atoms with Crippen LogP contribution in [0.1, 0.15) is 27.2 Å². The molecule has 0 saturated carbocycles. The number of rotatable bonds is 6. The molecular weight excluding hydrogens is 346 g/mol. The number of halogens is 1. The molecule has 0 atom stereocenters. The monoisotopic (exact) mass is 365 g/mol. The van der Waals surface area contributed by atoms with Gasteiger partial charge in [-0.25, -0.2) is 13.1 Å². The third kappa shape index (κ3) is 3.82. The first-order valence-electron chi connectivity index (χ1n) is 6.29. The van der Waals surface area contributed by atoms with Gasteiger partial charge in [-0.3, -0.25) is 4.79 Å². The first-order valence-corrected chi connectivity index (χ1v) is 8.97. The van der Waals surface area contributed by atoms with E-state index in [0.717, 1.165) is 6.42 Å². The number of anilines is 1. The second-order valence-electron chi connectivity index (χ2n) is 5.29. The van der Waals surface area contributed by atoms with Crippen LogP contribution in [0.15, 0.2) is 15.5 Å². The Morgan fingerprint density at radius 3 is 2.55 bits per heavy atom. The minimum Gasteiger partial charge on any atom is -0.381 e. The number of aryl methyl sites for hydroxylation is 1. The van der Waals surface area contributed by atoms with E-state index in [1.165, 1.54) is 17.1 Å². The van der Waals surface area contributed by atoms with Crippen LogP contribution >= 0.6 is 15.9 Å². The molecule has 0 amide bonds. The summed E-state index contributed by atoms with van der Waals surface area (Å²) in [5.41, 5.74) is 0.271. The van der Waals surface area contributed by atoms with Crippen molar-refractivity contribution in [3.63, 3.8) is 0 Å². The zero-order valence-corrected chi connectivity index (χ0v) is 14.5. The van der Waals surface area contributed by atoms with Crippen LogP contribution < -0.4 is 10.9 Å². The molecule has 0 bridgehead atoms. The largest absolute Gasteiger partial charge is 0.381 e. The molecule has 1 aromatic heterocycles. The van der Waals surface area contributed by atoms with Crippen LogP contribution in [0, 0.1) is 0 Å². The Bertz CT molecular complexity index is 638. The first kappa shape index (κ1) is 17.2. The maximum atomic E-state index is 12.0. The predicted molar refractivity (Wildman–Crippen MR) is 83.9 cm³/mol. The molecule has 0 unspecified atom stereocenters. The molecule has 114 valence electrons. The average molecular weight is 366 g/mol. The SMILES string of the molecule is CCCn1ncc(NCC(C)(C)S(C)(=O)=O)c(Br)c1=O. The molecule has 1 aromatic rings. The van der Waals surface area contributed by atoms with Crippen molar-refractivity contribution in [1.29, 1.82) is 0 Å². The molecule has 0 aromatic carbocycles. The fourth-order valence-corrected chi connectivity index (χ4v) is 2.18. The van der Waals surface area contributed by atoms with Crippen LogP contribution in [0.2, 0.25) is 0 Å². The number of sulfone groups is 1. The summed E-state index contributed by atoms with van der Waals surface area (Å²) in [6.07, 6.45) is 3.54. The third-order valence-electron chi connectivity index (χ3n) is 3.13. The Labute approximate surface area is 127 Å². The lowest BCUT2D eigenvalue weighted by Gasteiger charge is -2.23. The fraction of sp³-hybridized carbons (Fsp3) is 0.667. The third-order valence-corrected chi connectivity index (χ3v) is 6.05. The van der Waals surface area contributed by atoms with Gasteiger partial charge < -0.3 is 5.32 Å². The van der Waals surface area contributed by atoms with Crippen LogP contribution in [0.4, 0.5) is 5.69 Å². The molecular formula is C12H20BrN3O3S. The Hall–Kier alpha value is -0.890. The number of hydrogen-bond donors (Lipinski definition) is 1. The van der Waals surface area contributed by atoms with Crippen molar-refractivity contribution in [2.45, 2.75) is 38.5 Å². The lowest BCUT2D eigenvalue weighted by molar-refractivity contribution is 0.557. The van der Waals surface area contributed by atoms with Gasteiger partial charge in [0.25, 0.3) is 5.56 Å². The highest BCUT2D eigenvalue weighted by atomic mass is 79.9. The molecule has 0 aliphatic carbocycles. The Morgan fingerprint density at radius 1 is 1.45 bits per heavy atom. The van der Waals surface area contributed by atoms with Crippen molar-refractivity contribution in [3.05, 3.63) is 21.0 Å². The van der Waals surface area contributed by atoms with Gasteiger partial charge >= 0.3 is 0 Å². The van der Waals surface area contributed by atoms with E-state index in [1.54, 1.807) is 13.8 Å². The number of hydrogen-bond acceptors (Lipinski definition) is 5. The molecule has 0 aliphatic heterocycles. The van der Waals surface area contributed by atoms with E-state index in [0.29, 0.717) is 16.7 Å². The van der Waals surface area contributed by atoms with Crippen LogP contribution in [0.25, 0.3) is 0 Å². The predicted octanol–water partition coefficient (Wildman–Crippen LogP) is 1.65. The van der Waals surface area contributed by atoms with Crippen LogP contribution in [0.5, 0.6) is 0 Å². The van der Waals surface area contributed by atoms with E-state index in [-0.39, 0.29) is 12.1 Å². The highest BCUT2D eigenvalue weighted by molar-refractivity contribution is 9.10. The fourth-order valence-electron chi connectivity index (χ4n) is 1.40. The van der Waals surface area contributed by atoms with Gasteiger partial charge in [0.2, 0.25) is 0 Å². The summed E-state index contributed by atoms with van der Waals surface area (Å²) in [6, 6.07) is 0. The molecule has 1 N–H and O–H groups in total. The van der Waals surface area contributed by atoms with Gasteiger partial charge in [-0.1, -0.05) is 6.92 Å². The van der Waals surface area contributed by atoms with E-state index < -0.39 is 14.6 Å². The van der Waals surface area contributed by atoms with Crippen molar-refractivity contribution in [2.24, 2.45) is 0 Å². The van der Waals surface area contributed by atoms with Crippen LogP contribution in [-0.4, -0.2) is 35.7 Å². The second-order valence-corrected chi connectivity index (χ2v) is 8.73. The number of aromatic nitrogens is 2. The van der Waals surface area contributed by atoms with Crippen molar-refractivity contribution in [2.75, 3.05) is 18.1 Å².